The molecular weight excluding hydrogens is 526 g/mol. The van der Waals surface area contributed by atoms with Crippen molar-refractivity contribution in [3.8, 4) is 5.75 Å². The van der Waals surface area contributed by atoms with Gasteiger partial charge >= 0.3 is 0 Å². The number of halogens is 1. The first-order valence-corrected chi connectivity index (χ1v) is 14.6. The Bertz CT molecular complexity index is 982. The molecule has 1 N–H and O–H groups in total. The second-order valence-electron chi connectivity index (χ2n) is 12.3. The van der Waals surface area contributed by atoms with E-state index in [2.05, 4.69) is 54.6 Å². The maximum atomic E-state index is 12.1. The molecule has 2 atom stereocenters. The van der Waals surface area contributed by atoms with Crippen LogP contribution in [0.4, 0.5) is 0 Å². The fourth-order valence-corrected chi connectivity index (χ4v) is 8.31. The molecule has 3 aliphatic heterocycles. The van der Waals surface area contributed by atoms with E-state index in [1.807, 2.05) is 6.07 Å². The van der Waals surface area contributed by atoms with Crippen molar-refractivity contribution in [3.63, 3.8) is 0 Å². The molecule has 2 bridgehead atoms. The highest BCUT2D eigenvalue weighted by atomic mass is 79.9. The Labute approximate surface area is 233 Å². The molecule has 2 aromatic carbocycles. The third-order valence-electron chi connectivity index (χ3n) is 10.5. The van der Waals surface area contributed by atoms with Crippen LogP contribution in [0.5, 0.6) is 5.75 Å². The molecule has 5 aliphatic rings. The van der Waals surface area contributed by atoms with Gasteiger partial charge in [0.25, 0.3) is 0 Å². The minimum absolute atomic E-state index is 0. The summed E-state index contributed by atoms with van der Waals surface area (Å²) >= 11 is 0. The molecular formula is C32H44BrNO3. The molecule has 7 rings (SSSR count). The molecule has 0 amide bonds. The van der Waals surface area contributed by atoms with Crippen LogP contribution in [0.15, 0.2) is 60.7 Å². The zero-order chi connectivity index (χ0) is 24.5. The van der Waals surface area contributed by atoms with Gasteiger partial charge in [0.2, 0.25) is 0 Å². The van der Waals surface area contributed by atoms with Crippen molar-refractivity contribution in [2.24, 2.45) is 11.8 Å². The lowest BCUT2D eigenvalue weighted by molar-refractivity contribution is -0.992. The first kappa shape index (κ1) is 27.2. The quantitative estimate of drug-likeness (QED) is 0.472. The van der Waals surface area contributed by atoms with Crippen LogP contribution in [0.25, 0.3) is 0 Å². The van der Waals surface area contributed by atoms with Crippen LogP contribution in [0, 0.1) is 11.8 Å². The third kappa shape index (κ3) is 5.14. The Morgan fingerprint density at radius 3 is 2.11 bits per heavy atom. The van der Waals surface area contributed by atoms with Gasteiger partial charge in [-0.25, -0.2) is 0 Å². The van der Waals surface area contributed by atoms with Crippen molar-refractivity contribution >= 4 is 0 Å². The Morgan fingerprint density at radius 2 is 1.46 bits per heavy atom. The number of quaternary nitrogens is 1. The second-order valence-corrected chi connectivity index (χ2v) is 12.3. The highest BCUT2D eigenvalue weighted by Gasteiger charge is 2.59. The summed E-state index contributed by atoms with van der Waals surface area (Å²) in [6, 6.07) is 20.7. The minimum Gasteiger partial charge on any atom is -1.00 e. The molecule has 0 spiro atoms. The van der Waals surface area contributed by atoms with Crippen molar-refractivity contribution in [2.45, 2.75) is 81.5 Å². The minimum atomic E-state index is -0.879. The van der Waals surface area contributed by atoms with Gasteiger partial charge in [-0.3, -0.25) is 0 Å². The van der Waals surface area contributed by atoms with Gasteiger partial charge in [0.05, 0.1) is 19.7 Å². The van der Waals surface area contributed by atoms with E-state index in [-0.39, 0.29) is 28.6 Å². The van der Waals surface area contributed by atoms with E-state index in [1.165, 1.54) is 64.5 Å². The summed E-state index contributed by atoms with van der Waals surface area (Å²) in [4.78, 5) is 0. The largest absolute Gasteiger partial charge is 1.00 e. The van der Waals surface area contributed by atoms with Crippen molar-refractivity contribution in [1.29, 1.82) is 0 Å². The Hall–Kier alpha value is -1.40. The SMILES string of the molecule is OC(COC1C[N+]2(C3(COc4ccccc4)CCCC3)CCC1CC2)(c1ccccc1)C1CCCC1.[Br-]. The highest BCUT2D eigenvalue weighted by Crippen LogP contribution is 2.49. The summed E-state index contributed by atoms with van der Waals surface area (Å²) in [7, 11) is 0. The standard InChI is InChI=1S/C32H44NO3.BrH/c34-32(28-13-7-8-14-28,27-11-3-1-4-12-27)25-36-30-23-33(21-17-26(30)18-22-33)31(19-9-10-20-31)24-35-29-15-5-2-6-16-29;/h1-6,11-12,15-16,26,28,30,34H,7-10,13-14,17-25H2;1H/q+1;/p-1. The molecule has 2 aliphatic carbocycles. The summed E-state index contributed by atoms with van der Waals surface area (Å²) in [5.74, 6) is 1.91. The van der Waals surface area contributed by atoms with Crippen LogP contribution in [0.1, 0.15) is 69.8 Å². The van der Waals surface area contributed by atoms with Gasteiger partial charge in [-0.2, -0.15) is 0 Å². The zero-order valence-electron chi connectivity index (χ0n) is 22.2. The summed E-state index contributed by atoms with van der Waals surface area (Å²) in [6.45, 7) is 4.83. The Kier molecular flexibility index (Phi) is 8.36. The smallest absolute Gasteiger partial charge is 0.143 e. The zero-order valence-corrected chi connectivity index (χ0v) is 23.8. The van der Waals surface area contributed by atoms with Crippen molar-refractivity contribution in [1.82, 2.24) is 0 Å². The van der Waals surface area contributed by atoms with E-state index in [4.69, 9.17) is 9.47 Å². The molecule has 2 unspecified atom stereocenters. The Morgan fingerprint density at radius 1 is 0.838 bits per heavy atom. The number of hydrogen-bond donors (Lipinski definition) is 1. The molecule has 202 valence electrons. The third-order valence-corrected chi connectivity index (χ3v) is 10.5. The monoisotopic (exact) mass is 569 g/mol. The fourth-order valence-electron chi connectivity index (χ4n) is 8.31. The van der Waals surface area contributed by atoms with Crippen LogP contribution in [0.2, 0.25) is 0 Å². The number of hydrogen-bond acceptors (Lipinski definition) is 3. The van der Waals surface area contributed by atoms with Gasteiger partial charge in [-0.1, -0.05) is 61.4 Å². The van der Waals surface area contributed by atoms with Crippen LogP contribution < -0.4 is 21.7 Å². The normalized spacial score (nSPS) is 30.5. The van der Waals surface area contributed by atoms with Crippen LogP contribution in [-0.4, -0.2) is 54.1 Å². The molecule has 0 radical (unpaired) electrons. The van der Waals surface area contributed by atoms with E-state index in [0.717, 1.165) is 41.8 Å². The molecule has 2 saturated carbocycles. The average Bonchev–Trinajstić information content (AvgIpc) is 3.67. The number of piperidine rings is 3. The molecule has 4 nitrogen and oxygen atoms in total. The summed E-state index contributed by atoms with van der Waals surface area (Å²) in [5, 5.41) is 12.1. The lowest BCUT2D eigenvalue weighted by Gasteiger charge is -2.60. The number of aliphatic hydroxyl groups is 1. The van der Waals surface area contributed by atoms with Crippen molar-refractivity contribution < 1.29 is 36.0 Å². The lowest BCUT2D eigenvalue weighted by atomic mass is 9.77. The molecule has 37 heavy (non-hydrogen) atoms. The average molecular weight is 571 g/mol. The first-order chi connectivity index (χ1) is 17.6. The van der Waals surface area contributed by atoms with E-state index in [9.17, 15) is 5.11 Å². The topological polar surface area (TPSA) is 38.7 Å². The maximum Gasteiger partial charge on any atom is 0.143 e. The molecule has 5 heteroatoms. The van der Waals surface area contributed by atoms with Gasteiger partial charge < -0.3 is 36.0 Å². The van der Waals surface area contributed by atoms with E-state index in [0.29, 0.717) is 18.4 Å². The predicted octanol–water partition coefficient (Wildman–Crippen LogP) is 3.09. The second kappa shape index (κ2) is 11.4. The summed E-state index contributed by atoms with van der Waals surface area (Å²) < 4.78 is 14.5. The summed E-state index contributed by atoms with van der Waals surface area (Å²) in [6.07, 6.45) is 12.5. The molecule has 3 heterocycles. The van der Waals surface area contributed by atoms with Crippen LogP contribution in [-0.2, 0) is 10.3 Å². The predicted molar refractivity (Wildman–Crippen MR) is 143 cm³/mol. The summed E-state index contributed by atoms with van der Waals surface area (Å²) in [5.41, 5.74) is 0.353. The van der Waals surface area contributed by atoms with Gasteiger partial charge in [-0.15, -0.1) is 0 Å². The molecule has 0 aromatic heterocycles. The number of para-hydroxylation sites is 1. The molecule has 3 saturated heterocycles. The van der Waals surface area contributed by atoms with E-state index >= 15 is 0 Å². The highest BCUT2D eigenvalue weighted by molar-refractivity contribution is 5.24. The van der Waals surface area contributed by atoms with Gasteiger partial charge in [0, 0.05) is 31.6 Å². The first-order valence-electron chi connectivity index (χ1n) is 14.6. The van der Waals surface area contributed by atoms with Gasteiger partial charge in [-0.05, 0) is 49.3 Å². The molecule has 5 fully saturated rings. The van der Waals surface area contributed by atoms with Crippen molar-refractivity contribution in [2.75, 3.05) is 32.8 Å². The van der Waals surface area contributed by atoms with Crippen molar-refractivity contribution in [3.05, 3.63) is 66.2 Å². The van der Waals surface area contributed by atoms with Crippen LogP contribution in [0.3, 0.4) is 0 Å². The number of rotatable bonds is 9. The number of fused-ring (bicyclic) bond motifs is 3. The number of ether oxygens (including phenoxy) is 2. The van der Waals surface area contributed by atoms with E-state index in [1.54, 1.807) is 0 Å². The number of benzene rings is 2. The van der Waals surface area contributed by atoms with E-state index < -0.39 is 5.60 Å². The maximum absolute atomic E-state index is 12.1. The van der Waals surface area contributed by atoms with Gasteiger partial charge in [0.1, 0.15) is 36.1 Å². The van der Waals surface area contributed by atoms with Crippen LogP contribution >= 0.6 is 0 Å². The Balaban J connectivity index is 0.00000280. The molecule has 2 aromatic rings. The lowest BCUT2D eigenvalue weighted by Crippen LogP contribution is -3.00. The van der Waals surface area contributed by atoms with Gasteiger partial charge in [0.15, 0.2) is 0 Å². The number of nitrogens with zero attached hydrogens (tertiary/aromatic N) is 1. The fraction of sp³-hybridized carbons (Fsp3) is 0.625.